The first-order valence-corrected chi connectivity index (χ1v) is 8.14. The lowest BCUT2D eigenvalue weighted by atomic mass is 10.1. The van der Waals surface area contributed by atoms with Gasteiger partial charge in [0, 0.05) is 35.2 Å². The molecule has 4 rings (SSSR count). The van der Waals surface area contributed by atoms with Crippen LogP contribution in [-0.2, 0) is 0 Å². The third kappa shape index (κ3) is 3.29. The van der Waals surface area contributed by atoms with Crippen LogP contribution in [0.5, 0.6) is 5.88 Å². The molecule has 0 unspecified atom stereocenters. The van der Waals surface area contributed by atoms with E-state index in [1.165, 1.54) is 19.2 Å². The lowest BCUT2D eigenvalue weighted by Crippen LogP contribution is -2.03. The van der Waals surface area contributed by atoms with Crippen LogP contribution in [0, 0.1) is 0 Å². The first kappa shape index (κ1) is 16.9. The van der Waals surface area contributed by atoms with Crippen LogP contribution in [-0.4, -0.2) is 26.9 Å². The van der Waals surface area contributed by atoms with Gasteiger partial charge < -0.3 is 10.1 Å². The molecule has 8 heteroatoms. The summed E-state index contributed by atoms with van der Waals surface area (Å²) in [5.74, 6) is 1.00. The molecule has 4 aromatic rings. The van der Waals surface area contributed by atoms with E-state index in [-0.39, 0.29) is 5.56 Å². The highest BCUT2D eigenvalue weighted by Crippen LogP contribution is 2.32. The standard InChI is InChI=1S/C19H15F2N5O/c1-27-19-15(5-6-17(25-19)26-10-2-8-23-26)24-14-7-9-22-16-11-12(18(20)21)3-4-13(14)16/h2-11,18H,1H3,(H,22,24). The van der Waals surface area contributed by atoms with Gasteiger partial charge in [-0.05, 0) is 30.3 Å². The van der Waals surface area contributed by atoms with Crippen molar-refractivity contribution < 1.29 is 13.5 Å². The molecule has 0 bridgehead atoms. The Morgan fingerprint density at radius 1 is 1.07 bits per heavy atom. The van der Waals surface area contributed by atoms with Crippen molar-refractivity contribution >= 4 is 22.3 Å². The van der Waals surface area contributed by atoms with E-state index in [2.05, 4.69) is 20.4 Å². The summed E-state index contributed by atoms with van der Waals surface area (Å²) < 4.78 is 32.9. The molecule has 3 aromatic heterocycles. The number of halogens is 2. The first-order chi connectivity index (χ1) is 13.2. The highest BCUT2D eigenvalue weighted by Gasteiger charge is 2.12. The highest BCUT2D eigenvalue weighted by molar-refractivity contribution is 5.93. The minimum Gasteiger partial charge on any atom is -0.479 e. The monoisotopic (exact) mass is 367 g/mol. The molecule has 0 amide bonds. The lowest BCUT2D eigenvalue weighted by Gasteiger charge is -2.13. The average Bonchev–Trinajstić information content (AvgIpc) is 3.23. The number of hydrogen-bond donors (Lipinski definition) is 1. The summed E-state index contributed by atoms with van der Waals surface area (Å²) in [6.07, 6.45) is 2.48. The number of nitrogens with one attached hydrogen (secondary N) is 1. The van der Waals surface area contributed by atoms with E-state index in [4.69, 9.17) is 4.74 Å². The van der Waals surface area contributed by atoms with Crippen molar-refractivity contribution in [2.24, 2.45) is 0 Å². The quantitative estimate of drug-likeness (QED) is 0.562. The van der Waals surface area contributed by atoms with Gasteiger partial charge in [-0.3, -0.25) is 4.98 Å². The van der Waals surface area contributed by atoms with Crippen LogP contribution in [0.4, 0.5) is 20.2 Å². The van der Waals surface area contributed by atoms with Crippen molar-refractivity contribution in [3.63, 3.8) is 0 Å². The number of anilines is 2. The van der Waals surface area contributed by atoms with Gasteiger partial charge in [-0.15, -0.1) is 0 Å². The molecule has 0 aliphatic carbocycles. The second-order valence-corrected chi connectivity index (χ2v) is 5.74. The molecule has 1 N–H and O–H groups in total. The number of rotatable bonds is 5. The summed E-state index contributed by atoms with van der Waals surface area (Å²) in [6, 6.07) is 11.6. The van der Waals surface area contributed by atoms with Crippen molar-refractivity contribution in [2.45, 2.75) is 6.43 Å². The van der Waals surface area contributed by atoms with E-state index in [1.807, 2.05) is 6.07 Å². The van der Waals surface area contributed by atoms with Gasteiger partial charge in [0.05, 0.1) is 12.6 Å². The molecule has 6 nitrogen and oxygen atoms in total. The SMILES string of the molecule is COc1nc(-n2cccn2)ccc1Nc1ccnc2cc(C(F)F)ccc12. The van der Waals surface area contributed by atoms with Crippen molar-refractivity contribution in [2.75, 3.05) is 12.4 Å². The van der Waals surface area contributed by atoms with Crippen molar-refractivity contribution in [1.82, 2.24) is 19.7 Å². The molecule has 0 aliphatic heterocycles. The average molecular weight is 367 g/mol. The molecule has 0 fully saturated rings. The van der Waals surface area contributed by atoms with Crippen LogP contribution in [0.25, 0.3) is 16.7 Å². The molecule has 0 radical (unpaired) electrons. The maximum Gasteiger partial charge on any atom is 0.263 e. The number of aromatic nitrogens is 4. The number of nitrogens with zero attached hydrogens (tertiary/aromatic N) is 4. The van der Waals surface area contributed by atoms with Crippen molar-refractivity contribution in [3.05, 3.63) is 66.6 Å². The van der Waals surface area contributed by atoms with Crippen molar-refractivity contribution in [1.29, 1.82) is 0 Å². The van der Waals surface area contributed by atoms with E-state index >= 15 is 0 Å². The Balaban J connectivity index is 1.71. The van der Waals surface area contributed by atoms with Gasteiger partial charge in [-0.1, -0.05) is 12.1 Å². The lowest BCUT2D eigenvalue weighted by molar-refractivity contribution is 0.151. The Bertz CT molecular complexity index is 1080. The van der Waals surface area contributed by atoms with E-state index in [1.54, 1.807) is 47.5 Å². The summed E-state index contributed by atoms with van der Waals surface area (Å²) in [7, 11) is 1.53. The Labute approximate surface area is 153 Å². The summed E-state index contributed by atoms with van der Waals surface area (Å²) in [6.45, 7) is 0. The number of methoxy groups -OCH3 is 1. The molecule has 0 aliphatic rings. The predicted octanol–water partition coefficient (Wildman–Crippen LogP) is 4.51. The molecule has 0 saturated carbocycles. The van der Waals surface area contributed by atoms with Crippen LogP contribution in [0.3, 0.4) is 0 Å². The predicted molar refractivity (Wildman–Crippen MR) is 97.9 cm³/mol. The molecular weight excluding hydrogens is 352 g/mol. The van der Waals surface area contributed by atoms with Crippen LogP contribution in [0.1, 0.15) is 12.0 Å². The van der Waals surface area contributed by atoms with Gasteiger partial charge in [0.25, 0.3) is 6.43 Å². The number of ether oxygens (including phenoxy) is 1. The summed E-state index contributed by atoms with van der Waals surface area (Å²) >= 11 is 0. The van der Waals surface area contributed by atoms with Gasteiger partial charge >= 0.3 is 0 Å². The third-order valence-corrected chi connectivity index (χ3v) is 4.07. The van der Waals surface area contributed by atoms with Gasteiger partial charge in [0.1, 0.15) is 5.69 Å². The number of fused-ring (bicyclic) bond motifs is 1. The van der Waals surface area contributed by atoms with E-state index < -0.39 is 6.43 Å². The minimum absolute atomic E-state index is 0.0602. The fraction of sp³-hybridized carbons (Fsp3) is 0.105. The molecule has 0 saturated heterocycles. The number of benzene rings is 1. The first-order valence-electron chi connectivity index (χ1n) is 8.14. The minimum atomic E-state index is -2.54. The van der Waals surface area contributed by atoms with Crippen LogP contribution >= 0.6 is 0 Å². The number of alkyl halides is 2. The van der Waals surface area contributed by atoms with Gasteiger partial charge in [0.2, 0.25) is 5.88 Å². The van der Waals surface area contributed by atoms with Crippen molar-refractivity contribution in [3.8, 4) is 11.7 Å². The van der Waals surface area contributed by atoms with E-state index in [9.17, 15) is 8.78 Å². The summed E-state index contributed by atoms with van der Waals surface area (Å²) in [4.78, 5) is 8.63. The molecule has 136 valence electrons. The zero-order valence-electron chi connectivity index (χ0n) is 14.3. The highest BCUT2D eigenvalue weighted by atomic mass is 19.3. The van der Waals surface area contributed by atoms with E-state index in [0.29, 0.717) is 28.6 Å². The van der Waals surface area contributed by atoms with Crippen LogP contribution < -0.4 is 10.1 Å². The van der Waals surface area contributed by atoms with E-state index in [0.717, 1.165) is 5.39 Å². The number of pyridine rings is 2. The molecule has 27 heavy (non-hydrogen) atoms. The summed E-state index contributed by atoms with van der Waals surface area (Å²) in [5, 5.41) is 8.11. The smallest absolute Gasteiger partial charge is 0.263 e. The largest absolute Gasteiger partial charge is 0.479 e. The second kappa shape index (κ2) is 6.99. The fourth-order valence-corrected chi connectivity index (χ4v) is 2.77. The number of hydrogen-bond acceptors (Lipinski definition) is 5. The second-order valence-electron chi connectivity index (χ2n) is 5.74. The Morgan fingerprint density at radius 3 is 2.70 bits per heavy atom. The van der Waals surface area contributed by atoms with Gasteiger partial charge in [-0.25, -0.2) is 13.5 Å². The maximum atomic E-state index is 12.9. The van der Waals surface area contributed by atoms with Crippen LogP contribution in [0.15, 0.2) is 61.1 Å². The fourth-order valence-electron chi connectivity index (χ4n) is 2.77. The third-order valence-electron chi connectivity index (χ3n) is 4.07. The topological polar surface area (TPSA) is 64.9 Å². The van der Waals surface area contributed by atoms with Crippen LogP contribution in [0.2, 0.25) is 0 Å². The summed E-state index contributed by atoms with van der Waals surface area (Å²) in [5.41, 5.74) is 1.78. The zero-order chi connectivity index (χ0) is 18.8. The maximum absolute atomic E-state index is 12.9. The molecule has 1 aromatic carbocycles. The molecule has 3 heterocycles. The molecule has 0 spiro atoms. The Hall–Kier alpha value is -3.55. The Kier molecular flexibility index (Phi) is 4.37. The zero-order valence-corrected chi connectivity index (χ0v) is 14.3. The Morgan fingerprint density at radius 2 is 1.96 bits per heavy atom. The van der Waals surface area contributed by atoms with Gasteiger partial charge in [0.15, 0.2) is 5.82 Å². The molecular formula is C19H15F2N5O. The molecule has 0 atom stereocenters. The van der Waals surface area contributed by atoms with Gasteiger partial charge in [-0.2, -0.15) is 10.1 Å². The normalized spacial score (nSPS) is 11.1.